The summed E-state index contributed by atoms with van der Waals surface area (Å²) in [5, 5.41) is 5.81. The zero-order valence-corrected chi connectivity index (χ0v) is 17.6. The summed E-state index contributed by atoms with van der Waals surface area (Å²) in [6.45, 7) is 5.84. The van der Waals surface area contributed by atoms with Gasteiger partial charge in [0.25, 0.3) is 0 Å². The van der Waals surface area contributed by atoms with E-state index < -0.39 is 0 Å². The summed E-state index contributed by atoms with van der Waals surface area (Å²) in [5.74, 6) is -0.0638. The van der Waals surface area contributed by atoms with Crippen molar-refractivity contribution in [1.82, 2.24) is 10.3 Å². The van der Waals surface area contributed by atoms with E-state index in [0.29, 0.717) is 10.0 Å². The number of nitrogens with one attached hydrogen (secondary N) is 1. The smallest absolute Gasteiger partial charge is 0.233 e. The summed E-state index contributed by atoms with van der Waals surface area (Å²) in [7, 11) is 0. The second-order valence-electron chi connectivity index (χ2n) is 6.45. The molecule has 0 saturated carbocycles. The highest BCUT2D eigenvalue weighted by molar-refractivity contribution is 8.00. The number of amides is 1. The van der Waals surface area contributed by atoms with Crippen molar-refractivity contribution in [3.8, 4) is 0 Å². The molecule has 2 atom stereocenters. The number of halogens is 2. The normalized spacial score (nSPS) is 13.4. The standard InChI is InChI=1S/C21H20Cl2N2OS/c1-12-10-20(25-19-7-5-4-6-16(12)19)27-14(3)21(26)24-13(2)17-9-8-15(22)11-18(17)23/h4-11,13-14H,1-3H3,(H,24,26). The first-order chi connectivity index (χ1) is 12.8. The first-order valence-corrected chi connectivity index (χ1v) is 10.3. The molecule has 27 heavy (non-hydrogen) atoms. The molecule has 3 rings (SSSR count). The van der Waals surface area contributed by atoms with Gasteiger partial charge in [0.05, 0.1) is 21.8 Å². The minimum absolute atomic E-state index is 0.0638. The number of nitrogens with zero attached hydrogens (tertiary/aromatic N) is 1. The molecule has 0 spiro atoms. The average Bonchev–Trinajstić information content (AvgIpc) is 2.61. The predicted octanol–water partition coefficient (Wildman–Crippen LogP) is 6.21. The Labute approximate surface area is 173 Å². The molecule has 0 aliphatic heterocycles. The zero-order valence-electron chi connectivity index (χ0n) is 15.3. The van der Waals surface area contributed by atoms with Gasteiger partial charge in [0.15, 0.2) is 0 Å². The molecule has 3 aromatic rings. The largest absolute Gasteiger partial charge is 0.349 e. The minimum Gasteiger partial charge on any atom is -0.349 e. The Morgan fingerprint density at radius 2 is 1.85 bits per heavy atom. The minimum atomic E-state index is -0.286. The number of fused-ring (bicyclic) bond motifs is 1. The molecular weight excluding hydrogens is 399 g/mol. The third-order valence-corrected chi connectivity index (χ3v) is 5.93. The predicted molar refractivity (Wildman–Crippen MR) is 115 cm³/mol. The van der Waals surface area contributed by atoms with Gasteiger partial charge in [-0.25, -0.2) is 4.98 Å². The van der Waals surface area contributed by atoms with Crippen LogP contribution in [0.4, 0.5) is 0 Å². The van der Waals surface area contributed by atoms with Crippen molar-refractivity contribution >= 4 is 51.8 Å². The van der Waals surface area contributed by atoms with Crippen molar-refractivity contribution in [1.29, 1.82) is 0 Å². The Hall–Kier alpha value is -1.75. The Morgan fingerprint density at radius 3 is 2.59 bits per heavy atom. The molecule has 0 aliphatic rings. The number of benzene rings is 2. The molecule has 6 heteroatoms. The molecule has 2 unspecified atom stereocenters. The van der Waals surface area contributed by atoms with Crippen LogP contribution in [0, 0.1) is 6.92 Å². The van der Waals surface area contributed by atoms with Crippen molar-refractivity contribution in [2.45, 2.75) is 37.1 Å². The van der Waals surface area contributed by atoms with Crippen LogP contribution in [0.25, 0.3) is 10.9 Å². The van der Waals surface area contributed by atoms with Crippen molar-refractivity contribution in [2.24, 2.45) is 0 Å². The van der Waals surface area contributed by atoms with Crippen LogP contribution in [0.3, 0.4) is 0 Å². The van der Waals surface area contributed by atoms with Crippen LogP contribution in [0.1, 0.15) is 31.0 Å². The number of hydrogen-bond donors (Lipinski definition) is 1. The van der Waals surface area contributed by atoms with E-state index in [1.165, 1.54) is 11.8 Å². The van der Waals surface area contributed by atoms with Crippen LogP contribution in [0.15, 0.2) is 53.6 Å². The summed E-state index contributed by atoms with van der Waals surface area (Å²) >= 11 is 13.6. The van der Waals surface area contributed by atoms with E-state index >= 15 is 0 Å². The quantitative estimate of drug-likeness (QED) is 0.500. The molecule has 0 saturated heterocycles. The zero-order chi connectivity index (χ0) is 19.6. The van der Waals surface area contributed by atoms with Gasteiger partial charge in [-0.05, 0) is 56.2 Å². The Kier molecular flexibility index (Phi) is 6.30. The monoisotopic (exact) mass is 418 g/mol. The molecule has 1 amide bonds. The molecule has 0 aliphatic carbocycles. The van der Waals surface area contributed by atoms with Crippen LogP contribution in [-0.2, 0) is 4.79 Å². The van der Waals surface area contributed by atoms with Gasteiger partial charge in [-0.15, -0.1) is 0 Å². The molecule has 1 heterocycles. The second kappa shape index (κ2) is 8.51. The molecule has 3 nitrogen and oxygen atoms in total. The Bertz CT molecular complexity index is 993. The van der Waals surface area contributed by atoms with E-state index in [9.17, 15) is 4.79 Å². The molecule has 140 valence electrons. The average molecular weight is 419 g/mol. The number of thioether (sulfide) groups is 1. The van der Waals surface area contributed by atoms with Crippen LogP contribution in [-0.4, -0.2) is 16.1 Å². The fraction of sp³-hybridized carbons (Fsp3) is 0.238. The highest BCUT2D eigenvalue weighted by Gasteiger charge is 2.19. The van der Waals surface area contributed by atoms with Crippen molar-refractivity contribution in [3.05, 3.63) is 69.7 Å². The number of aromatic nitrogens is 1. The maximum atomic E-state index is 12.6. The van der Waals surface area contributed by atoms with E-state index in [4.69, 9.17) is 23.2 Å². The highest BCUT2D eigenvalue weighted by atomic mass is 35.5. The van der Waals surface area contributed by atoms with Crippen molar-refractivity contribution in [3.63, 3.8) is 0 Å². The summed E-state index contributed by atoms with van der Waals surface area (Å²) in [6, 6.07) is 15.1. The Morgan fingerprint density at radius 1 is 1.11 bits per heavy atom. The lowest BCUT2D eigenvalue weighted by Crippen LogP contribution is -2.33. The van der Waals surface area contributed by atoms with Crippen LogP contribution < -0.4 is 5.32 Å². The number of aryl methyl sites for hydroxylation is 1. The molecule has 0 bridgehead atoms. The second-order valence-corrected chi connectivity index (χ2v) is 8.66. The fourth-order valence-electron chi connectivity index (χ4n) is 2.87. The van der Waals surface area contributed by atoms with Gasteiger partial charge >= 0.3 is 0 Å². The van der Waals surface area contributed by atoms with E-state index in [-0.39, 0.29) is 17.2 Å². The lowest BCUT2D eigenvalue weighted by Gasteiger charge is -2.19. The first-order valence-electron chi connectivity index (χ1n) is 8.63. The molecule has 1 aromatic heterocycles. The maximum absolute atomic E-state index is 12.6. The van der Waals surface area contributed by atoms with Gasteiger partial charge in [0, 0.05) is 15.4 Å². The summed E-state index contributed by atoms with van der Waals surface area (Å²) in [4.78, 5) is 17.3. The van der Waals surface area contributed by atoms with Gasteiger partial charge in [0.2, 0.25) is 5.91 Å². The Balaban J connectivity index is 1.70. The lowest BCUT2D eigenvalue weighted by molar-refractivity contribution is -0.120. The number of hydrogen-bond acceptors (Lipinski definition) is 3. The molecule has 1 N–H and O–H groups in total. The van der Waals surface area contributed by atoms with Crippen LogP contribution in [0.5, 0.6) is 0 Å². The number of carbonyl (C=O) groups excluding carboxylic acids is 1. The van der Waals surface area contributed by atoms with Gasteiger partial charge in [-0.1, -0.05) is 59.2 Å². The fourth-order valence-corrected chi connectivity index (χ4v) is 4.38. The van der Waals surface area contributed by atoms with Gasteiger partial charge in [0.1, 0.15) is 0 Å². The van der Waals surface area contributed by atoms with Gasteiger partial charge in [-0.2, -0.15) is 0 Å². The third-order valence-electron chi connectivity index (χ3n) is 4.35. The van der Waals surface area contributed by atoms with Crippen molar-refractivity contribution < 1.29 is 4.79 Å². The number of para-hydroxylation sites is 1. The SMILES string of the molecule is Cc1cc(SC(C)C(=O)NC(C)c2ccc(Cl)cc2Cl)nc2ccccc12. The first kappa shape index (κ1) is 20.0. The molecule has 0 fully saturated rings. The van der Waals surface area contributed by atoms with E-state index in [1.54, 1.807) is 12.1 Å². The van der Waals surface area contributed by atoms with E-state index in [2.05, 4.69) is 23.3 Å². The topological polar surface area (TPSA) is 42.0 Å². The van der Waals surface area contributed by atoms with Crippen LogP contribution >= 0.6 is 35.0 Å². The molecular formula is C21H20Cl2N2OS. The summed E-state index contributed by atoms with van der Waals surface area (Å²) < 4.78 is 0. The third kappa shape index (κ3) is 4.75. The van der Waals surface area contributed by atoms with Gasteiger partial charge in [-0.3, -0.25) is 4.79 Å². The molecule has 0 radical (unpaired) electrons. The van der Waals surface area contributed by atoms with Gasteiger partial charge < -0.3 is 5.32 Å². The van der Waals surface area contributed by atoms with Crippen LogP contribution in [0.2, 0.25) is 10.0 Å². The van der Waals surface area contributed by atoms with E-state index in [0.717, 1.165) is 27.1 Å². The summed E-state index contributed by atoms with van der Waals surface area (Å²) in [6.07, 6.45) is 0. The van der Waals surface area contributed by atoms with Crippen molar-refractivity contribution in [2.75, 3.05) is 0 Å². The number of carbonyl (C=O) groups is 1. The number of pyridine rings is 1. The summed E-state index contributed by atoms with van der Waals surface area (Å²) in [5.41, 5.74) is 2.93. The van der Waals surface area contributed by atoms with E-state index in [1.807, 2.05) is 44.2 Å². The molecule has 2 aromatic carbocycles. The lowest BCUT2D eigenvalue weighted by atomic mass is 10.1. The highest BCUT2D eigenvalue weighted by Crippen LogP contribution is 2.29. The number of rotatable bonds is 5. The maximum Gasteiger partial charge on any atom is 0.233 e.